The minimum atomic E-state index is -0.653. The maximum atomic E-state index is 14.7. The first-order chi connectivity index (χ1) is 18.3. The van der Waals surface area contributed by atoms with Crippen LogP contribution in [0.1, 0.15) is 12.8 Å². The maximum absolute atomic E-state index is 14.7. The number of rotatable bonds is 6. The Balaban J connectivity index is 1.67. The Hall–Kier alpha value is -4.07. The quantitative estimate of drug-likeness (QED) is 0.395. The Kier molecular flexibility index (Phi) is 6.97. The normalized spacial score (nSPS) is 14.4. The Morgan fingerprint density at radius 1 is 1.16 bits per heavy atom. The number of benzene rings is 2. The molecule has 1 saturated heterocycles. The van der Waals surface area contributed by atoms with Gasteiger partial charge in [-0.1, -0.05) is 18.2 Å². The van der Waals surface area contributed by atoms with Crippen LogP contribution >= 0.6 is 0 Å². The predicted octanol–water partition coefficient (Wildman–Crippen LogP) is 3.68. The molecule has 1 aliphatic heterocycles. The van der Waals surface area contributed by atoms with E-state index >= 15 is 0 Å². The Bertz CT molecular complexity index is 1590. The van der Waals surface area contributed by atoms with Crippen molar-refractivity contribution in [3.63, 3.8) is 0 Å². The van der Waals surface area contributed by atoms with Crippen LogP contribution in [0.4, 0.5) is 16.0 Å². The van der Waals surface area contributed by atoms with E-state index < -0.39 is 5.82 Å². The zero-order valence-electron chi connectivity index (χ0n) is 21.7. The van der Waals surface area contributed by atoms with Crippen molar-refractivity contribution in [2.24, 2.45) is 7.05 Å². The first-order valence-corrected chi connectivity index (χ1v) is 12.6. The van der Waals surface area contributed by atoms with Gasteiger partial charge in [-0.2, -0.15) is 5.10 Å². The molecule has 9 nitrogen and oxygen atoms in total. The molecule has 0 saturated carbocycles. The molecule has 38 heavy (non-hydrogen) atoms. The van der Waals surface area contributed by atoms with Gasteiger partial charge in [-0.3, -0.25) is 14.0 Å². The van der Waals surface area contributed by atoms with E-state index in [1.54, 1.807) is 22.4 Å². The highest BCUT2D eigenvalue weighted by Crippen LogP contribution is 2.34. The third-order valence-electron chi connectivity index (χ3n) is 7.26. The molecule has 1 fully saturated rings. The summed E-state index contributed by atoms with van der Waals surface area (Å²) >= 11 is 0. The molecule has 10 heteroatoms. The minimum Gasteiger partial charge on any atom is -0.394 e. The number of aliphatic hydroxyl groups excluding tert-OH is 1. The third-order valence-corrected chi connectivity index (χ3v) is 7.26. The van der Waals surface area contributed by atoms with Gasteiger partial charge in [-0.15, -0.1) is 0 Å². The molecule has 0 aliphatic carbocycles. The fraction of sp³-hybridized carbons (Fsp3) is 0.357. The van der Waals surface area contributed by atoms with Crippen LogP contribution in [-0.2, 0) is 13.6 Å². The monoisotopic (exact) mass is 515 g/mol. The number of nitrogens with zero attached hydrogens (tertiary/aromatic N) is 7. The molecule has 0 amide bonds. The van der Waals surface area contributed by atoms with Crippen LogP contribution in [0.15, 0.2) is 47.4 Å². The number of aromatic nitrogens is 4. The fourth-order valence-corrected chi connectivity index (χ4v) is 5.12. The van der Waals surface area contributed by atoms with Crippen LogP contribution in [0.2, 0.25) is 0 Å². The van der Waals surface area contributed by atoms with Gasteiger partial charge in [-0.25, -0.2) is 14.2 Å². The predicted molar refractivity (Wildman–Crippen MR) is 146 cm³/mol. The molecule has 0 bridgehead atoms. The molecule has 2 aromatic heterocycles. The second-order valence-corrected chi connectivity index (χ2v) is 9.85. The molecular formula is C28H30FN7O2. The average molecular weight is 516 g/mol. The smallest absolute Gasteiger partial charge is 0.263 e. The summed E-state index contributed by atoms with van der Waals surface area (Å²) in [4.78, 5) is 26.5. The van der Waals surface area contributed by atoms with Crippen LogP contribution in [0.3, 0.4) is 0 Å². The maximum Gasteiger partial charge on any atom is 0.263 e. The standard InChI is InChI=1S/C28H30FN7O2/c1-30-24-8-6-19(16-22(24)29)26-25(18-5-7-23-20(15-18)17-36(32-23)13-14-37)27(38)34(4)28(31-26)35-11-9-21(10-12-35)33(2)3/h5-8,15-17,21,37H,9-14H2,2-4H3. The first-order valence-electron chi connectivity index (χ1n) is 12.6. The van der Waals surface area contributed by atoms with Crippen LogP contribution in [0, 0.1) is 12.4 Å². The summed E-state index contributed by atoms with van der Waals surface area (Å²) in [5, 5.41) is 14.5. The van der Waals surface area contributed by atoms with Gasteiger partial charge in [0.15, 0.2) is 0 Å². The van der Waals surface area contributed by atoms with Crippen molar-refractivity contribution >= 4 is 22.5 Å². The van der Waals surface area contributed by atoms with Crippen molar-refractivity contribution in [3.05, 3.63) is 70.2 Å². The summed E-state index contributed by atoms with van der Waals surface area (Å²) in [7, 11) is 5.87. The number of halogens is 1. The van der Waals surface area contributed by atoms with Crippen molar-refractivity contribution in [3.8, 4) is 22.4 Å². The zero-order chi connectivity index (χ0) is 27.0. The summed E-state index contributed by atoms with van der Waals surface area (Å²) in [6, 6.07) is 10.3. The lowest BCUT2D eigenvalue weighted by Gasteiger charge is -2.36. The second-order valence-electron chi connectivity index (χ2n) is 9.85. The summed E-state index contributed by atoms with van der Waals surface area (Å²) in [5.41, 5.74) is 2.21. The number of aliphatic hydroxyl groups is 1. The van der Waals surface area contributed by atoms with Crippen LogP contribution in [-0.4, -0.2) is 69.2 Å². The highest BCUT2D eigenvalue weighted by Gasteiger charge is 2.26. The van der Waals surface area contributed by atoms with E-state index in [1.165, 1.54) is 12.1 Å². The van der Waals surface area contributed by atoms with Gasteiger partial charge in [-0.05, 0) is 50.7 Å². The van der Waals surface area contributed by atoms with Crippen molar-refractivity contribution in [2.75, 3.05) is 38.7 Å². The van der Waals surface area contributed by atoms with Crippen molar-refractivity contribution < 1.29 is 9.50 Å². The molecule has 0 radical (unpaired) electrons. The number of hydrogen-bond donors (Lipinski definition) is 1. The molecule has 0 atom stereocenters. The molecule has 2 aromatic carbocycles. The van der Waals surface area contributed by atoms with E-state index in [0.717, 1.165) is 36.8 Å². The summed E-state index contributed by atoms with van der Waals surface area (Å²) in [6.45, 7) is 9.04. The molecule has 0 unspecified atom stereocenters. The van der Waals surface area contributed by atoms with Crippen molar-refractivity contribution in [1.29, 1.82) is 0 Å². The van der Waals surface area contributed by atoms with Crippen LogP contribution in [0.5, 0.6) is 0 Å². The molecule has 196 valence electrons. The van der Waals surface area contributed by atoms with E-state index in [2.05, 4.69) is 33.8 Å². The summed E-state index contributed by atoms with van der Waals surface area (Å²) in [5.74, 6) is -0.113. The van der Waals surface area contributed by atoms with E-state index in [-0.39, 0.29) is 17.9 Å². The molecule has 1 aliphatic rings. The van der Waals surface area contributed by atoms with E-state index in [0.29, 0.717) is 40.9 Å². The highest BCUT2D eigenvalue weighted by atomic mass is 19.1. The van der Waals surface area contributed by atoms with Crippen molar-refractivity contribution in [1.82, 2.24) is 24.2 Å². The number of fused-ring (bicyclic) bond motifs is 1. The molecule has 0 spiro atoms. The van der Waals surface area contributed by atoms with E-state index in [4.69, 9.17) is 11.6 Å². The van der Waals surface area contributed by atoms with E-state index in [1.807, 2.05) is 24.4 Å². The van der Waals surface area contributed by atoms with Crippen LogP contribution in [0.25, 0.3) is 38.1 Å². The molecule has 5 rings (SSSR count). The Labute approximate surface area is 220 Å². The SMILES string of the molecule is [C-]#[N+]c1ccc(-c2nc(N3CCC(N(C)C)CC3)n(C)c(=O)c2-c2ccc3nn(CCO)cc3c2)cc1F. The topological polar surface area (TPSA) is 83.8 Å². The van der Waals surface area contributed by atoms with Gasteiger partial charge in [0.2, 0.25) is 11.6 Å². The highest BCUT2D eigenvalue weighted by molar-refractivity contribution is 5.88. The second kappa shape index (κ2) is 10.4. The largest absolute Gasteiger partial charge is 0.394 e. The first kappa shape index (κ1) is 25.6. The van der Waals surface area contributed by atoms with Crippen LogP contribution < -0.4 is 10.5 Å². The number of hydrogen-bond acceptors (Lipinski definition) is 6. The Morgan fingerprint density at radius 3 is 2.55 bits per heavy atom. The van der Waals surface area contributed by atoms with Gasteiger partial charge in [0.25, 0.3) is 5.56 Å². The average Bonchev–Trinajstić information content (AvgIpc) is 3.32. The summed E-state index contributed by atoms with van der Waals surface area (Å²) in [6.07, 6.45) is 3.71. The lowest BCUT2D eigenvalue weighted by atomic mass is 9.99. The summed E-state index contributed by atoms with van der Waals surface area (Å²) < 4.78 is 18.0. The lowest BCUT2D eigenvalue weighted by Crippen LogP contribution is -2.44. The molecule has 4 aromatic rings. The van der Waals surface area contributed by atoms with Gasteiger partial charge < -0.3 is 14.9 Å². The van der Waals surface area contributed by atoms with Gasteiger partial charge >= 0.3 is 0 Å². The van der Waals surface area contributed by atoms with Gasteiger partial charge in [0.05, 0.1) is 36.5 Å². The van der Waals surface area contributed by atoms with Gasteiger partial charge in [0.1, 0.15) is 5.82 Å². The lowest BCUT2D eigenvalue weighted by molar-refractivity contribution is 0.248. The van der Waals surface area contributed by atoms with E-state index in [9.17, 15) is 14.3 Å². The third kappa shape index (κ3) is 4.66. The van der Waals surface area contributed by atoms with Gasteiger partial charge in [0, 0.05) is 43.3 Å². The fourth-order valence-electron chi connectivity index (χ4n) is 5.12. The Morgan fingerprint density at radius 2 is 1.89 bits per heavy atom. The van der Waals surface area contributed by atoms with Crippen molar-refractivity contribution in [2.45, 2.75) is 25.4 Å². The molecule has 3 heterocycles. The minimum absolute atomic E-state index is 0.0329. The number of piperidine rings is 1. The zero-order valence-corrected chi connectivity index (χ0v) is 21.7. The molecule has 1 N–H and O–H groups in total. The molecular weight excluding hydrogens is 485 g/mol. The number of anilines is 1.